The van der Waals surface area contributed by atoms with Crippen molar-refractivity contribution in [3.63, 3.8) is 0 Å². The van der Waals surface area contributed by atoms with Crippen LogP contribution in [0.15, 0.2) is 28.7 Å². The molecule has 7 heteroatoms. The monoisotopic (exact) mass is 330 g/mol. The Labute approximate surface area is 141 Å². The fourth-order valence-electron chi connectivity index (χ4n) is 3.01. The predicted octanol–water partition coefficient (Wildman–Crippen LogP) is 1.34. The average Bonchev–Trinajstić information content (AvgIpc) is 3.03. The number of likely N-dealkylation sites (N-methyl/N-ethyl adjacent to an activating group) is 2. The number of aromatic nitrogens is 2. The Morgan fingerprint density at radius 1 is 1.38 bits per heavy atom. The maximum Gasteiger partial charge on any atom is 0.311 e. The number of rotatable bonds is 5. The predicted molar refractivity (Wildman–Crippen MR) is 87.4 cm³/mol. The second kappa shape index (κ2) is 7.11. The summed E-state index contributed by atoms with van der Waals surface area (Å²) in [6.45, 7) is 1.69. The number of amides is 1. The van der Waals surface area contributed by atoms with Crippen molar-refractivity contribution < 1.29 is 13.9 Å². The normalized spacial score (nSPS) is 17.5. The largest absolute Gasteiger partial charge is 0.414 e. The molecule has 0 radical (unpaired) electrons. The topological polar surface area (TPSA) is 71.7 Å². The average molecular weight is 330 g/mol. The molecular weight excluding hydrogens is 308 g/mol. The highest BCUT2D eigenvalue weighted by atomic mass is 16.5. The van der Waals surface area contributed by atoms with Gasteiger partial charge in [0, 0.05) is 33.3 Å². The van der Waals surface area contributed by atoms with Crippen molar-refractivity contribution >= 4 is 5.91 Å². The van der Waals surface area contributed by atoms with E-state index in [1.54, 1.807) is 11.9 Å². The zero-order valence-electron chi connectivity index (χ0n) is 14.2. The molecule has 1 aliphatic heterocycles. The Hall–Kier alpha value is -2.25. The second-order valence-corrected chi connectivity index (χ2v) is 6.16. The zero-order valence-corrected chi connectivity index (χ0v) is 14.2. The third kappa shape index (κ3) is 3.47. The van der Waals surface area contributed by atoms with E-state index in [1.807, 2.05) is 0 Å². The Morgan fingerprint density at radius 3 is 2.88 bits per heavy atom. The molecule has 7 nitrogen and oxygen atoms in total. The van der Waals surface area contributed by atoms with E-state index in [2.05, 4.69) is 46.4 Å². The van der Waals surface area contributed by atoms with Gasteiger partial charge in [-0.3, -0.25) is 9.69 Å². The van der Waals surface area contributed by atoms with Crippen LogP contribution >= 0.6 is 0 Å². The summed E-state index contributed by atoms with van der Waals surface area (Å²) in [5.74, 6) is 0.0403. The molecule has 0 spiro atoms. The van der Waals surface area contributed by atoms with Gasteiger partial charge >= 0.3 is 11.8 Å². The molecule has 24 heavy (non-hydrogen) atoms. The number of nitrogens with zero attached hydrogens (tertiary/aromatic N) is 4. The summed E-state index contributed by atoms with van der Waals surface area (Å²) in [5.41, 5.74) is 2.70. The van der Waals surface area contributed by atoms with Crippen molar-refractivity contribution in [1.29, 1.82) is 0 Å². The minimum atomic E-state index is -0.267. The van der Waals surface area contributed by atoms with E-state index in [1.165, 1.54) is 18.2 Å². The molecule has 1 unspecified atom stereocenters. The number of hydrogen-bond donors (Lipinski definition) is 0. The summed E-state index contributed by atoms with van der Waals surface area (Å²) < 4.78 is 10.2. The standard InChI is InChI=1S/C17H22N4O3/c1-20-9-13-7-5-4-6-12(13)8-14(20)10-21(2)17(22)16-19-18-15(24-16)11-23-3/h4-7,14H,8-11H2,1-3H3. The molecule has 0 saturated heterocycles. The molecule has 1 aromatic heterocycles. The van der Waals surface area contributed by atoms with Gasteiger partial charge < -0.3 is 14.1 Å². The van der Waals surface area contributed by atoms with Gasteiger partial charge in [-0.05, 0) is 24.6 Å². The second-order valence-electron chi connectivity index (χ2n) is 6.16. The molecule has 1 amide bonds. The van der Waals surface area contributed by atoms with Crippen LogP contribution in [0, 0.1) is 0 Å². The summed E-state index contributed by atoms with van der Waals surface area (Å²) >= 11 is 0. The first kappa shape index (κ1) is 16.6. The summed E-state index contributed by atoms with van der Waals surface area (Å²) in [4.78, 5) is 16.4. The van der Waals surface area contributed by atoms with E-state index in [0.29, 0.717) is 12.4 Å². The van der Waals surface area contributed by atoms with Crippen LogP contribution in [0.2, 0.25) is 0 Å². The van der Waals surface area contributed by atoms with Crippen LogP contribution in [0.25, 0.3) is 0 Å². The molecule has 0 aliphatic carbocycles. The van der Waals surface area contributed by atoms with Crippen molar-refractivity contribution in [3.05, 3.63) is 47.2 Å². The minimum Gasteiger partial charge on any atom is -0.414 e. The SMILES string of the molecule is COCc1nnc(C(=O)N(C)CC2Cc3ccccc3CN2C)o1. The first-order valence-electron chi connectivity index (χ1n) is 7.92. The Kier molecular flexibility index (Phi) is 4.92. The number of fused-ring (bicyclic) bond motifs is 1. The first-order valence-corrected chi connectivity index (χ1v) is 7.92. The van der Waals surface area contributed by atoms with Crippen LogP contribution in [0.3, 0.4) is 0 Å². The van der Waals surface area contributed by atoms with E-state index in [4.69, 9.17) is 9.15 Å². The minimum absolute atomic E-state index is 0.00316. The van der Waals surface area contributed by atoms with Crippen LogP contribution in [0.4, 0.5) is 0 Å². The lowest BCUT2D eigenvalue weighted by Crippen LogP contribution is -2.46. The van der Waals surface area contributed by atoms with Gasteiger partial charge in [0.1, 0.15) is 6.61 Å². The Bertz CT molecular complexity index is 715. The van der Waals surface area contributed by atoms with Crippen molar-refractivity contribution in [3.8, 4) is 0 Å². The van der Waals surface area contributed by atoms with Crippen LogP contribution in [-0.4, -0.2) is 59.7 Å². The van der Waals surface area contributed by atoms with Crippen molar-refractivity contribution in [2.45, 2.75) is 25.6 Å². The van der Waals surface area contributed by atoms with Gasteiger partial charge in [0.25, 0.3) is 0 Å². The Balaban J connectivity index is 1.65. The molecule has 1 aromatic carbocycles. The molecule has 3 rings (SSSR count). The third-order valence-electron chi connectivity index (χ3n) is 4.37. The lowest BCUT2D eigenvalue weighted by atomic mass is 9.94. The van der Waals surface area contributed by atoms with Crippen LogP contribution < -0.4 is 0 Å². The molecule has 2 heterocycles. The number of carbonyl (C=O) groups excluding carboxylic acids is 1. The molecule has 2 aromatic rings. The molecule has 0 bridgehead atoms. The quantitative estimate of drug-likeness (QED) is 0.824. The maximum absolute atomic E-state index is 12.5. The maximum atomic E-state index is 12.5. The van der Waals surface area contributed by atoms with E-state index in [9.17, 15) is 4.79 Å². The zero-order chi connectivity index (χ0) is 17.1. The number of hydrogen-bond acceptors (Lipinski definition) is 6. The van der Waals surface area contributed by atoms with Gasteiger partial charge in [0.05, 0.1) is 0 Å². The number of carbonyl (C=O) groups is 1. The fraction of sp³-hybridized carbons (Fsp3) is 0.471. The number of methoxy groups -OCH3 is 1. The van der Waals surface area contributed by atoms with Gasteiger partial charge in [-0.15, -0.1) is 10.2 Å². The van der Waals surface area contributed by atoms with Crippen molar-refractivity contribution in [1.82, 2.24) is 20.0 Å². The Morgan fingerprint density at radius 2 is 2.12 bits per heavy atom. The van der Waals surface area contributed by atoms with Gasteiger partial charge in [0.15, 0.2) is 0 Å². The number of benzene rings is 1. The molecule has 128 valence electrons. The smallest absolute Gasteiger partial charge is 0.311 e. The highest BCUT2D eigenvalue weighted by Gasteiger charge is 2.27. The molecule has 0 fully saturated rings. The van der Waals surface area contributed by atoms with Gasteiger partial charge in [0.2, 0.25) is 5.89 Å². The number of ether oxygens (including phenoxy) is 1. The molecule has 1 atom stereocenters. The van der Waals surface area contributed by atoms with Gasteiger partial charge in [-0.1, -0.05) is 24.3 Å². The van der Waals surface area contributed by atoms with Crippen LogP contribution in [-0.2, 0) is 24.3 Å². The van der Waals surface area contributed by atoms with E-state index in [0.717, 1.165) is 13.0 Å². The van der Waals surface area contributed by atoms with Gasteiger partial charge in [-0.25, -0.2) is 0 Å². The summed E-state index contributed by atoms with van der Waals surface area (Å²) in [7, 11) is 5.38. The third-order valence-corrected chi connectivity index (χ3v) is 4.37. The van der Waals surface area contributed by atoms with Gasteiger partial charge in [-0.2, -0.15) is 0 Å². The van der Waals surface area contributed by atoms with E-state index >= 15 is 0 Å². The lowest BCUT2D eigenvalue weighted by Gasteiger charge is -2.36. The lowest BCUT2D eigenvalue weighted by molar-refractivity contribution is 0.0687. The van der Waals surface area contributed by atoms with Crippen LogP contribution in [0.1, 0.15) is 27.7 Å². The van der Waals surface area contributed by atoms with E-state index < -0.39 is 0 Å². The van der Waals surface area contributed by atoms with Crippen molar-refractivity contribution in [2.75, 3.05) is 27.7 Å². The fourth-order valence-corrected chi connectivity index (χ4v) is 3.01. The highest BCUT2D eigenvalue weighted by Crippen LogP contribution is 2.22. The first-order chi connectivity index (χ1) is 11.6. The molecule has 0 N–H and O–H groups in total. The highest BCUT2D eigenvalue weighted by molar-refractivity contribution is 5.89. The van der Waals surface area contributed by atoms with Crippen LogP contribution in [0.5, 0.6) is 0 Å². The van der Waals surface area contributed by atoms with E-state index in [-0.39, 0.29) is 24.4 Å². The summed E-state index contributed by atoms with van der Waals surface area (Å²) in [5, 5.41) is 7.60. The molecular formula is C17H22N4O3. The molecule has 0 saturated carbocycles. The summed E-state index contributed by atoms with van der Waals surface area (Å²) in [6, 6.07) is 8.70. The molecule has 1 aliphatic rings. The summed E-state index contributed by atoms with van der Waals surface area (Å²) in [6.07, 6.45) is 0.920. The van der Waals surface area contributed by atoms with Crippen molar-refractivity contribution in [2.24, 2.45) is 0 Å².